The van der Waals surface area contributed by atoms with Crippen LogP contribution in [0.5, 0.6) is 5.75 Å². The monoisotopic (exact) mass is 304 g/mol. The highest BCUT2D eigenvalue weighted by Gasteiger charge is 2.33. The van der Waals surface area contributed by atoms with Crippen LogP contribution in [0.4, 0.5) is 0 Å². The second kappa shape index (κ2) is 5.73. The Kier molecular flexibility index (Phi) is 3.95. The number of nitrogens with one attached hydrogen (secondary N) is 1. The lowest BCUT2D eigenvalue weighted by Gasteiger charge is -2.18. The molecular formula is C16H20N2O2S. The van der Waals surface area contributed by atoms with Crippen molar-refractivity contribution in [1.82, 2.24) is 10.3 Å². The van der Waals surface area contributed by atoms with Crippen LogP contribution < -0.4 is 10.1 Å². The van der Waals surface area contributed by atoms with Gasteiger partial charge in [0.2, 0.25) is 0 Å². The van der Waals surface area contributed by atoms with Crippen LogP contribution in [-0.4, -0.2) is 24.4 Å². The first-order valence-corrected chi connectivity index (χ1v) is 7.95. The van der Waals surface area contributed by atoms with Gasteiger partial charge >= 0.3 is 0 Å². The van der Waals surface area contributed by atoms with Crippen molar-refractivity contribution in [3.05, 3.63) is 40.8 Å². The lowest BCUT2D eigenvalue weighted by Crippen LogP contribution is -2.23. The molecule has 1 aromatic heterocycles. The maximum absolute atomic E-state index is 5.71. The fourth-order valence-electron chi connectivity index (χ4n) is 2.78. The van der Waals surface area contributed by atoms with E-state index in [0.717, 1.165) is 28.8 Å². The van der Waals surface area contributed by atoms with Crippen LogP contribution in [0.25, 0.3) is 0 Å². The van der Waals surface area contributed by atoms with Gasteiger partial charge in [-0.3, -0.25) is 0 Å². The van der Waals surface area contributed by atoms with E-state index in [2.05, 4.69) is 22.4 Å². The number of rotatable bonds is 4. The van der Waals surface area contributed by atoms with Gasteiger partial charge in [-0.2, -0.15) is 0 Å². The molecule has 5 heteroatoms. The molecule has 1 heterocycles. The largest absolute Gasteiger partial charge is 0.497 e. The predicted molar refractivity (Wildman–Crippen MR) is 84.1 cm³/mol. The third-order valence-electron chi connectivity index (χ3n) is 4.05. The minimum Gasteiger partial charge on any atom is -0.497 e. The number of aryl methyl sites for hydroxylation is 2. The Morgan fingerprint density at radius 1 is 1.38 bits per heavy atom. The van der Waals surface area contributed by atoms with Crippen molar-refractivity contribution in [3.8, 4) is 5.75 Å². The topological polar surface area (TPSA) is 47.3 Å². The molecule has 2 aromatic rings. The van der Waals surface area contributed by atoms with Gasteiger partial charge in [0, 0.05) is 11.3 Å². The average molecular weight is 304 g/mol. The van der Waals surface area contributed by atoms with E-state index in [-0.39, 0.29) is 6.04 Å². The Balaban J connectivity index is 1.84. The van der Waals surface area contributed by atoms with E-state index < -0.39 is 0 Å². The number of thioether (sulfide) groups is 1. The van der Waals surface area contributed by atoms with Crippen molar-refractivity contribution in [2.75, 3.05) is 14.2 Å². The summed E-state index contributed by atoms with van der Waals surface area (Å²) < 4.78 is 11.1. The van der Waals surface area contributed by atoms with Gasteiger partial charge in [0.15, 0.2) is 0 Å². The molecule has 1 aliphatic carbocycles. The molecule has 1 N–H and O–H groups in total. The third-order valence-corrected chi connectivity index (χ3v) is 5.17. The number of hydrogen-bond donors (Lipinski definition) is 1. The average Bonchev–Trinajstić information content (AvgIpc) is 2.97. The first-order chi connectivity index (χ1) is 10.1. The summed E-state index contributed by atoms with van der Waals surface area (Å²) in [5.74, 6) is 1.80. The summed E-state index contributed by atoms with van der Waals surface area (Å²) in [5.41, 5.74) is 3.65. The van der Waals surface area contributed by atoms with Gasteiger partial charge in [0.25, 0.3) is 5.22 Å². The van der Waals surface area contributed by atoms with Crippen LogP contribution in [0.1, 0.15) is 28.6 Å². The highest BCUT2D eigenvalue weighted by Crippen LogP contribution is 2.42. The normalized spacial score (nSPS) is 20.6. The molecule has 0 spiro atoms. The van der Waals surface area contributed by atoms with Gasteiger partial charge in [0.1, 0.15) is 11.5 Å². The quantitative estimate of drug-likeness (QED) is 0.939. The van der Waals surface area contributed by atoms with Gasteiger partial charge in [-0.15, -0.1) is 0 Å². The molecule has 2 unspecified atom stereocenters. The van der Waals surface area contributed by atoms with Crippen molar-refractivity contribution >= 4 is 11.8 Å². The smallest absolute Gasteiger partial charge is 0.256 e. The van der Waals surface area contributed by atoms with E-state index in [0.29, 0.717) is 5.25 Å². The molecule has 2 atom stereocenters. The van der Waals surface area contributed by atoms with Gasteiger partial charge in [-0.05, 0) is 50.6 Å². The number of nitrogens with zero attached hydrogens (tertiary/aromatic N) is 1. The minimum absolute atomic E-state index is 0.285. The summed E-state index contributed by atoms with van der Waals surface area (Å²) in [7, 11) is 3.70. The highest BCUT2D eigenvalue weighted by atomic mass is 32.2. The molecule has 3 rings (SSSR count). The Morgan fingerprint density at radius 3 is 2.81 bits per heavy atom. The third kappa shape index (κ3) is 2.68. The van der Waals surface area contributed by atoms with Crippen LogP contribution in [0.15, 0.2) is 27.8 Å². The zero-order valence-corrected chi connectivity index (χ0v) is 13.6. The van der Waals surface area contributed by atoms with E-state index >= 15 is 0 Å². The number of oxazole rings is 1. The lowest BCUT2D eigenvalue weighted by molar-refractivity contribution is 0.413. The Hall–Kier alpha value is -1.46. The molecule has 0 saturated carbocycles. The van der Waals surface area contributed by atoms with Crippen molar-refractivity contribution in [2.45, 2.75) is 36.8 Å². The number of ether oxygens (including phenoxy) is 1. The molecule has 0 amide bonds. The first-order valence-electron chi connectivity index (χ1n) is 7.07. The van der Waals surface area contributed by atoms with E-state index in [9.17, 15) is 0 Å². The Morgan fingerprint density at radius 2 is 2.19 bits per heavy atom. The Bertz CT molecular complexity index is 634. The molecule has 0 radical (unpaired) electrons. The zero-order valence-electron chi connectivity index (χ0n) is 12.8. The van der Waals surface area contributed by atoms with Crippen molar-refractivity contribution < 1.29 is 9.15 Å². The molecule has 0 bridgehead atoms. The molecule has 4 nitrogen and oxygen atoms in total. The van der Waals surface area contributed by atoms with Crippen LogP contribution in [-0.2, 0) is 6.42 Å². The summed E-state index contributed by atoms with van der Waals surface area (Å²) in [6, 6.07) is 6.60. The Labute approximate surface area is 129 Å². The van der Waals surface area contributed by atoms with Crippen molar-refractivity contribution in [3.63, 3.8) is 0 Å². The van der Waals surface area contributed by atoms with Gasteiger partial charge in [0.05, 0.1) is 12.8 Å². The molecule has 0 fully saturated rings. The summed E-state index contributed by atoms with van der Waals surface area (Å²) >= 11 is 1.71. The first kappa shape index (κ1) is 14.5. The summed E-state index contributed by atoms with van der Waals surface area (Å²) in [6.07, 6.45) is 1.01. The van der Waals surface area contributed by atoms with Gasteiger partial charge < -0.3 is 14.5 Å². The minimum atomic E-state index is 0.285. The van der Waals surface area contributed by atoms with E-state index in [1.165, 1.54) is 11.1 Å². The molecule has 1 aromatic carbocycles. The number of aromatic nitrogens is 1. The molecule has 21 heavy (non-hydrogen) atoms. The molecule has 1 aliphatic rings. The molecular weight excluding hydrogens is 284 g/mol. The molecule has 0 aliphatic heterocycles. The SMILES string of the molecule is CNC1c2cc(OC)ccc2CC1Sc1nc(C)c(C)o1. The number of benzene rings is 1. The number of hydrogen-bond acceptors (Lipinski definition) is 5. The fourth-order valence-corrected chi connectivity index (χ4v) is 4.09. The summed E-state index contributed by atoms with van der Waals surface area (Å²) in [5, 5.41) is 4.56. The predicted octanol–water partition coefficient (Wildman–Crippen LogP) is 3.28. The van der Waals surface area contributed by atoms with Crippen molar-refractivity contribution in [2.24, 2.45) is 0 Å². The summed E-state index contributed by atoms with van der Waals surface area (Å²) in [4.78, 5) is 4.48. The number of methoxy groups -OCH3 is 1. The second-order valence-electron chi connectivity index (χ2n) is 5.31. The zero-order chi connectivity index (χ0) is 15.0. The molecule has 112 valence electrons. The maximum atomic E-state index is 5.71. The second-order valence-corrected chi connectivity index (χ2v) is 6.50. The van der Waals surface area contributed by atoms with Crippen molar-refractivity contribution in [1.29, 1.82) is 0 Å². The van der Waals surface area contributed by atoms with Gasteiger partial charge in [-0.25, -0.2) is 4.98 Å². The van der Waals surface area contributed by atoms with Crippen LogP contribution >= 0.6 is 11.8 Å². The van der Waals surface area contributed by atoms with E-state index in [1.54, 1.807) is 18.9 Å². The standard InChI is InChI=1S/C16H20N2O2S/c1-9-10(2)20-16(18-9)21-14-7-11-5-6-12(19-4)8-13(11)15(14)17-3/h5-6,8,14-15,17H,7H2,1-4H3. The van der Waals surface area contributed by atoms with Crippen LogP contribution in [0, 0.1) is 13.8 Å². The van der Waals surface area contributed by atoms with Gasteiger partial charge in [-0.1, -0.05) is 17.8 Å². The molecule has 0 saturated heterocycles. The maximum Gasteiger partial charge on any atom is 0.256 e. The van der Waals surface area contributed by atoms with E-state index in [1.807, 2.05) is 27.0 Å². The van der Waals surface area contributed by atoms with Crippen LogP contribution in [0.2, 0.25) is 0 Å². The van der Waals surface area contributed by atoms with Crippen LogP contribution in [0.3, 0.4) is 0 Å². The fraction of sp³-hybridized carbons (Fsp3) is 0.438. The number of fused-ring (bicyclic) bond motifs is 1. The highest BCUT2D eigenvalue weighted by molar-refractivity contribution is 7.99. The summed E-state index contributed by atoms with van der Waals surface area (Å²) in [6.45, 7) is 3.93. The lowest BCUT2D eigenvalue weighted by atomic mass is 10.1. The van der Waals surface area contributed by atoms with E-state index in [4.69, 9.17) is 9.15 Å².